The summed E-state index contributed by atoms with van der Waals surface area (Å²) in [5.41, 5.74) is 0.939. The molecule has 0 amide bonds. The Morgan fingerprint density at radius 3 is 2.12 bits per heavy atom. The first-order valence-electron chi connectivity index (χ1n) is 5.65. The van der Waals surface area contributed by atoms with Gasteiger partial charge in [-0.25, -0.2) is 14.5 Å². The SMILES string of the molecule is C=[N+](C)c1c(N(C)C)ncnc1N(C)C(C)C. The van der Waals surface area contributed by atoms with Crippen LogP contribution in [0.1, 0.15) is 13.8 Å². The number of anilines is 2. The molecule has 1 aromatic rings. The van der Waals surface area contributed by atoms with Gasteiger partial charge in [-0.15, -0.1) is 0 Å². The Balaban J connectivity index is 3.40. The molecule has 17 heavy (non-hydrogen) atoms. The highest BCUT2D eigenvalue weighted by atomic mass is 15.3. The predicted molar refractivity (Wildman–Crippen MR) is 72.9 cm³/mol. The van der Waals surface area contributed by atoms with Crippen molar-refractivity contribution in [3.63, 3.8) is 0 Å². The molecule has 0 aliphatic rings. The van der Waals surface area contributed by atoms with Gasteiger partial charge in [0, 0.05) is 27.2 Å². The molecule has 0 radical (unpaired) electrons. The molecule has 5 heteroatoms. The molecule has 0 unspecified atom stereocenters. The second kappa shape index (κ2) is 5.12. The molecule has 0 aromatic carbocycles. The fraction of sp³-hybridized carbons (Fsp3) is 0.583. The Kier molecular flexibility index (Phi) is 4.04. The van der Waals surface area contributed by atoms with Gasteiger partial charge in [0.2, 0.25) is 11.6 Å². The van der Waals surface area contributed by atoms with Crippen molar-refractivity contribution in [2.24, 2.45) is 0 Å². The average Bonchev–Trinajstić information content (AvgIpc) is 2.26. The molecule has 0 aliphatic carbocycles. The highest BCUT2D eigenvalue weighted by molar-refractivity contribution is 5.71. The van der Waals surface area contributed by atoms with Crippen LogP contribution in [0.25, 0.3) is 0 Å². The lowest BCUT2D eigenvalue weighted by Gasteiger charge is -2.24. The van der Waals surface area contributed by atoms with Crippen LogP contribution in [0.15, 0.2) is 6.33 Å². The zero-order chi connectivity index (χ0) is 13.2. The molecule has 0 atom stereocenters. The van der Waals surface area contributed by atoms with Gasteiger partial charge < -0.3 is 9.80 Å². The van der Waals surface area contributed by atoms with Gasteiger partial charge in [0.25, 0.3) is 5.69 Å². The van der Waals surface area contributed by atoms with Gasteiger partial charge in [0.1, 0.15) is 20.1 Å². The molecule has 0 spiro atoms. The monoisotopic (exact) mass is 236 g/mol. The van der Waals surface area contributed by atoms with E-state index < -0.39 is 0 Å². The van der Waals surface area contributed by atoms with Crippen molar-refractivity contribution >= 4 is 24.0 Å². The van der Waals surface area contributed by atoms with E-state index in [1.165, 1.54) is 0 Å². The summed E-state index contributed by atoms with van der Waals surface area (Å²) < 4.78 is 1.81. The Labute approximate surface area is 103 Å². The molecule has 5 nitrogen and oxygen atoms in total. The molecule has 1 rings (SSSR count). The van der Waals surface area contributed by atoms with E-state index in [0.29, 0.717) is 6.04 Å². The smallest absolute Gasteiger partial charge is 0.290 e. The Morgan fingerprint density at radius 1 is 1.18 bits per heavy atom. The van der Waals surface area contributed by atoms with E-state index in [1.54, 1.807) is 6.33 Å². The summed E-state index contributed by atoms with van der Waals surface area (Å²) >= 11 is 0. The molecule has 0 saturated heterocycles. The van der Waals surface area contributed by atoms with Crippen LogP contribution in [-0.2, 0) is 0 Å². The lowest BCUT2D eigenvalue weighted by atomic mass is 10.3. The molecule has 0 aliphatic heterocycles. The minimum atomic E-state index is 0.374. The van der Waals surface area contributed by atoms with E-state index in [9.17, 15) is 0 Å². The quantitative estimate of drug-likeness (QED) is 0.584. The number of hydrogen-bond donors (Lipinski definition) is 0. The van der Waals surface area contributed by atoms with Crippen molar-refractivity contribution < 1.29 is 4.58 Å². The summed E-state index contributed by atoms with van der Waals surface area (Å²) in [6.45, 7) is 8.21. The Bertz CT molecular complexity index is 411. The van der Waals surface area contributed by atoms with Gasteiger partial charge in [0.15, 0.2) is 0 Å². The first-order chi connectivity index (χ1) is 7.86. The molecule has 94 valence electrons. The van der Waals surface area contributed by atoms with Crippen LogP contribution in [0.2, 0.25) is 0 Å². The van der Waals surface area contributed by atoms with Crippen LogP contribution in [-0.4, -0.2) is 55.5 Å². The topological polar surface area (TPSA) is 35.3 Å². The molecule has 1 heterocycles. The van der Waals surface area contributed by atoms with Crippen LogP contribution in [0.3, 0.4) is 0 Å². The van der Waals surface area contributed by atoms with Crippen molar-refractivity contribution in [2.75, 3.05) is 38.0 Å². The summed E-state index contributed by atoms with van der Waals surface area (Å²) in [7, 11) is 7.87. The third kappa shape index (κ3) is 2.72. The maximum atomic E-state index is 4.37. The van der Waals surface area contributed by atoms with Gasteiger partial charge >= 0.3 is 0 Å². The Morgan fingerprint density at radius 2 is 1.71 bits per heavy atom. The van der Waals surface area contributed by atoms with Crippen LogP contribution in [0.4, 0.5) is 17.3 Å². The molecular formula is C12H22N5+. The minimum Gasteiger partial charge on any atom is -0.357 e. The molecule has 0 saturated carbocycles. The van der Waals surface area contributed by atoms with Crippen molar-refractivity contribution in [3.05, 3.63) is 6.33 Å². The third-order valence-electron chi connectivity index (χ3n) is 2.70. The van der Waals surface area contributed by atoms with Crippen LogP contribution < -0.4 is 9.80 Å². The highest BCUT2D eigenvalue weighted by Crippen LogP contribution is 2.32. The highest BCUT2D eigenvalue weighted by Gasteiger charge is 2.24. The second-order valence-corrected chi connectivity index (χ2v) is 4.67. The zero-order valence-electron chi connectivity index (χ0n) is 11.6. The second-order valence-electron chi connectivity index (χ2n) is 4.67. The summed E-state index contributed by atoms with van der Waals surface area (Å²) in [4.78, 5) is 12.8. The van der Waals surface area contributed by atoms with Crippen molar-refractivity contribution in [1.29, 1.82) is 0 Å². The number of nitrogens with zero attached hydrogens (tertiary/aromatic N) is 5. The van der Waals surface area contributed by atoms with Gasteiger partial charge in [-0.3, -0.25) is 0 Å². The third-order valence-corrected chi connectivity index (χ3v) is 2.70. The first-order valence-corrected chi connectivity index (χ1v) is 5.65. The maximum absolute atomic E-state index is 4.37. The minimum absolute atomic E-state index is 0.374. The number of rotatable bonds is 4. The van der Waals surface area contributed by atoms with Crippen LogP contribution in [0, 0.1) is 0 Å². The van der Waals surface area contributed by atoms with E-state index in [1.807, 2.05) is 37.7 Å². The van der Waals surface area contributed by atoms with E-state index in [-0.39, 0.29) is 0 Å². The van der Waals surface area contributed by atoms with Gasteiger partial charge in [0.05, 0.1) is 0 Å². The number of aromatic nitrogens is 2. The summed E-state index contributed by atoms with van der Waals surface area (Å²) in [5, 5.41) is 0. The lowest BCUT2D eigenvalue weighted by Crippen LogP contribution is -2.28. The fourth-order valence-electron chi connectivity index (χ4n) is 1.53. The van der Waals surface area contributed by atoms with E-state index in [4.69, 9.17) is 0 Å². The first kappa shape index (κ1) is 13.4. The van der Waals surface area contributed by atoms with Crippen LogP contribution in [0.5, 0.6) is 0 Å². The zero-order valence-corrected chi connectivity index (χ0v) is 11.6. The van der Waals surface area contributed by atoms with Gasteiger partial charge in [-0.2, -0.15) is 0 Å². The Hall–Kier alpha value is -1.65. The summed E-state index contributed by atoms with van der Waals surface area (Å²) in [6.07, 6.45) is 1.59. The average molecular weight is 236 g/mol. The van der Waals surface area contributed by atoms with Crippen molar-refractivity contribution in [2.45, 2.75) is 19.9 Å². The molecular weight excluding hydrogens is 214 g/mol. The fourth-order valence-corrected chi connectivity index (χ4v) is 1.53. The normalized spacial score (nSPS) is 10.5. The predicted octanol–water partition coefficient (Wildman–Crippen LogP) is 1.36. The lowest BCUT2D eigenvalue weighted by molar-refractivity contribution is -0.393. The molecule has 0 fully saturated rings. The van der Waals surface area contributed by atoms with E-state index >= 15 is 0 Å². The summed E-state index contributed by atoms with van der Waals surface area (Å²) in [5.74, 6) is 1.77. The molecule has 0 bridgehead atoms. The summed E-state index contributed by atoms with van der Waals surface area (Å²) in [6, 6.07) is 0.374. The largest absolute Gasteiger partial charge is 0.357 e. The maximum Gasteiger partial charge on any atom is 0.290 e. The van der Waals surface area contributed by atoms with Crippen molar-refractivity contribution in [1.82, 2.24) is 9.97 Å². The van der Waals surface area contributed by atoms with Crippen LogP contribution >= 0.6 is 0 Å². The molecule has 0 N–H and O–H groups in total. The van der Waals surface area contributed by atoms with Gasteiger partial charge in [-0.1, -0.05) is 0 Å². The van der Waals surface area contributed by atoms with E-state index in [0.717, 1.165) is 17.3 Å². The molecule has 1 aromatic heterocycles. The van der Waals surface area contributed by atoms with E-state index in [2.05, 4.69) is 35.4 Å². The standard InChI is InChI=1S/C12H22N5/c1-9(2)17(7)12-10(15(3)4)11(16(5)6)13-8-14-12/h8-9H,3H2,1-2,4-7H3/q+1. The van der Waals surface area contributed by atoms with Crippen molar-refractivity contribution in [3.8, 4) is 0 Å². The van der Waals surface area contributed by atoms with Gasteiger partial charge in [-0.05, 0) is 13.8 Å². The number of hydrogen-bond acceptors (Lipinski definition) is 4.